The van der Waals surface area contributed by atoms with Crippen LogP contribution in [0.1, 0.15) is 65.5 Å². The van der Waals surface area contributed by atoms with Gasteiger partial charge in [0.05, 0.1) is 0 Å². The molecule has 30 heavy (non-hydrogen) atoms. The van der Waals surface area contributed by atoms with Crippen molar-refractivity contribution < 1.29 is 19.1 Å². The van der Waals surface area contributed by atoms with Crippen molar-refractivity contribution in [2.45, 2.75) is 71.6 Å². The smallest absolute Gasteiger partial charge is 0.408 e. The molecule has 7 nitrogen and oxygen atoms in total. The predicted molar refractivity (Wildman–Crippen MR) is 116 cm³/mol. The van der Waals surface area contributed by atoms with Crippen LogP contribution in [0.5, 0.6) is 0 Å². The van der Waals surface area contributed by atoms with Crippen molar-refractivity contribution in [1.29, 1.82) is 0 Å². The van der Waals surface area contributed by atoms with Crippen molar-refractivity contribution in [3.05, 3.63) is 35.9 Å². The quantitative estimate of drug-likeness (QED) is 0.603. The maximum atomic E-state index is 13.2. The SMILES string of the molecule is CCCCNC(=O)C(c1ccccc1)N(C(=O)CNC(=O)OC(C)(C)C)C1CC1C. The summed E-state index contributed by atoms with van der Waals surface area (Å²) in [6, 6.07) is 8.56. The number of carbonyl (C=O) groups excluding carboxylic acids is 3. The molecule has 3 amide bonds. The van der Waals surface area contributed by atoms with Crippen molar-refractivity contribution >= 4 is 17.9 Å². The van der Waals surface area contributed by atoms with E-state index in [0.717, 1.165) is 24.8 Å². The fraction of sp³-hybridized carbons (Fsp3) is 0.609. The second kappa shape index (κ2) is 10.5. The highest BCUT2D eigenvalue weighted by Crippen LogP contribution is 2.40. The molecule has 0 saturated heterocycles. The first-order valence-electron chi connectivity index (χ1n) is 10.7. The van der Waals surface area contributed by atoms with Crippen molar-refractivity contribution in [2.75, 3.05) is 13.1 Å². The second-order valence-electron chi connectivity index (χ2n) is 8.89. The van der Waals surface area contributed by atoms with Gasteiger partial charge in [-0.2, -0.15) is 0 Å². The third kappa shape index (κ3) is 7.04. The molecule has 0 spiro atoms. The van der Waals surface area contributed by atoms with Gasteiger partial charge in [-0.05, 0) is 45.1 Å². The summed E-state index contributed by atoms with van der Waals surface area (Å²) >= 11 is 0. The van der Waals surface area contributed by atoms with E-state index < -0.39 is 17.7 Å². The minimum Gasteiger partial charge on any atom is -0.444 e. The summed E-state index contributed by atoms with van der Waals surface area (Å²) < 4.78 is 5.22. The average molecular weight is 418 g/mol. The van der Waals surface area contributed by atoms with Crippen LogP contribution < -0.4 is 10.6 Å². The largest absolute Gasteiger partial charge is 0.444 e. The van der Waals surface area contributed by atoms with Gasteiger partial charge >= 0.3 is 6.09 Å². The van der Waals surface area contributed by atoms with Crippen LogP contribution in [0.25, 0.3) is 0 Å². The summed E-state index contributed by atoms with van der Waals surface area (Å²) in [4.78, 5) is 39.9. The topological polar surface area (TPSA) is 87.7 Å². The van der Waals surface area contributed by atoms with Crippen LogP contribution in [0.2, 0.25) is 0 Å². The molecule has 2 rings (SSSR count). The van der Waals surface area contributed by atoms with Gasteiger partial charge in [-0.25, -0.2) is 4.79 Å². The van der Waals surface area contributed by atoms with Gasteiger partial charge in [0.1, 0.15) is 18.2 Å². The Morgan fingerprint density at radius 2 is 1.80 bits per heavy atom. The normalized spacial score (nSPS) is 18.8. The van der Waals surface area contributed by atoms with Crippen LogP contribution in [-0.4, -0.2) is 47.5 Å². The summed E-state index contributed by atoms with van der Waals surface area (Å²) in [5.41, 5.74) is 0.111. The Labute approximate surface area is 179 Å². The maximum absolute atomic E-state index is 13.2. The number of hydrogen-bond acceptors (Lipinski definition) is 4. The number of nitrogens with zero attached hydrogens (tertiary/aromatic N) is 1. The number of rotatable bonds is 9. The highest BCUT2D eigenvalue weighted by molar-refractivity contribution is 5.90. The van der Waals surface area contributed by atoms with E-state index in [1.807, 2.05) is 30.3 Å². The molecule has 1 aromatic rings. The van der Waals surface area contributed by atoms with E-state index >= 15 is 0 Å². The van der Waals surface area contributed by atoms with Crippen LogP contribution in [0.4, 0.5) is 4.79 Å². The van der Waals surface area contributed by atoms with Gasteiger partial charge in [-0.1, -0.05) is 50.6 Å². The van der Waals surface area contributed by atoms with E-state index in [0.29, 0.717) is 12.5 Å². The minimum absolute atomic E-state index is 0.0277. The first kappa shape index (κ1) is 23.7. The van der Waals surface area contributed by atoms with Crippen LogP contribution in [-0.2, 0) is 14.3 Å². The molecule has 0 heterocycles. The van der Waals surface area contributed by atoms with Gasteiger partial charge in [-0.15, -0.1) is 0 Å². The van der Waals surface area contributed by atoms with E-state index in [1.54, 1.807) is 25.7 Å². The molecule has 1 saturated carbocycles. The predicted octanol–water partition coefficient (Wildman–Crippen LogP) is 3.41. The molecular weight excluding hydrogens is 382 g/mol. The lowest BCUT2D eigenvalue weighted by molar-refractivity contribution is -0.141. The molecule has 2 N–H and O–H groups in total. The average Bonchev–Trinajstić information content (AvgIpc) is 3.39. The third-order valence-electron chi connectivity index (χ3n) is 4.97. The number of hydrogen-bond donors (Lipinski definition) is 2. The second-order valence-corrected chi connectivity index (χ2v) is 8.89. The van der Waals surface area contributed by atoms with Gasteiger partial charge in [0.2, 0.25) is 11.8 Å². The third-order valence-corrected chi connectivity index (χ3v) is 4.97. The Hall–Kier alpha value is -2.57. The van der Waals surface area contributed by atoms with Crippen molar-refractivity contribution in [1.82, 2.24) is 15.5 Å². The standard InChI is InChI=1S/C23H35N3O4/c1-6-7-13-24-21(28)20(17-11-9-8-10-12-17)26(18-14-16(18)2)19(27)15-25-22(29)30-23(3,4)5/h8-12,16,18,20H,6-7,13-15H2,1-5H3,(H,24,28)(H,25,29). The first-order valence-corrected chi connectivity index (χ1v) is 10.7. The van der Waals surface area contributed by atoms with Gasteiger partial charge in [0.15, 0.2) is 0 Å². The van der Waals surface area contributed by atoms with Gasteiger partial charge in [0, 0.05) is 12.6 Å². The maximum Gasteiger partial charge on any atom is 0.408 e. The van der Waals surface area contributed by atoms with Crippen LogP contribution in [0, 0.1) is 5.92 Å². The number of ether oxygens (including phenoxy) is 1. The van der Waals surface area contributed by atoms with Crippen LogP contribution >= 0.6 is 0 Å². The molecule has 0 aliphatic heterocycles. The fourth-order valence-corrected chi connectivity index (χ4v) is 3.32. The highest BCUT2D eigenvalue weighted by atomic mass is 16.6. The van der Waals surface area contributed by atoms with Crippen molar-refractivity contribution in [3.8, 4) is 0 Å². The number of amides is 3. The Morgan fingerprint density at radius 1 is 1.17 bits per heavy atom. The summed E-state index contributed by atoms with van der Waals surface area (Å²) in [6.45, 7) is 9.75. The molecule has 7 heteroatoms. The lowest BCUT2D eigenvalue weighted by atomic mass is 10.0. The molecule has 0 radical (unpaired) electrons. The van der Waals surface area contributed by atoms with E-state index in [-0.39, 0.29) is 24.4 Å². The Bertz CT molecular complexity index is 730. The molecule has 1 fully saturated rings. The minimum atomic E-state index is -0.731. The van der Waals surface area contributed by atoms with Crippen molar-refractivity contribution in [3.63, 3.8) is 0 Å². The molecule has 3 atom stereocenters. The molecule has 1 aromatic carbocycles. The van der Waals surface area contributed by atoms with E-state index in [1.165, 1.54) is 0 Å². The molecule has 1 aliphatic carbocycles. The summed E-state index contributed by atoms with van der Waals surface area (Å²) in [7, 11) is 0. The molecule has 166 valence electrons. The van der Waals surface area contributed by atoms with Gasteiger partial charge in [-0.3, -0.25) is 9.59 Å². The summed E-state index contributed by atoms with van der Waals surface area (Å²) in [5, 5.41) is 5.50. The number of alkyl carbamates (subject to hydrolysis) is 1. The van der Waals surface area contributed by atoms with E-state index in [2.05, 4.69) is 24.5 Å². The highest BCUT2D eigenvalue weighted by Gasteiger charge is 2.46. The molecule has 1 aliphatic rings. The van der Waals surface area contributed by atoms with E-state index in [9.17, 15) is 14.4 Å². The number of carbonyl (C=O) groups is 3. The van der Waals surface area contributed by atoms with Gasteiger partial charge in [0.25, 0.3) is 0 Å². The van der Waals surface area contributed by atoms with Gasteiger partial charge < -0.3 is 20.3 Å². The summed E-state index contributed by atoms with van der Waals surface area (Å²) in [5.74, 6) is -0.181. The summed E-state index contributed by atoms with van der Waals surface area (Å²) in [6.07, 6.45) is 2.03. The monoisotopic (exact) mass is 417 g/mol. The lowest BCUT2D eigenvalue weighted by Gasteiger charge is -2.32. The number of unbranched alkanes of at least 4 members (excludes halogenated alkanes) is 1. The molecular formula is C23H35N3O4. The molecule has 0 bridgehead atoms. The Balaban J connectivity index is 2.20. The zero-order valence-electron chi connectivity index (χ0n) is 18.7. The lowest BCUT2D eigenvalue weighted by Crippen LogP contribution is -2.49. The Morgan fingerprint density at radius 3 is 2.33 bits per heavy atom. The Kier molecular flexibility index (Phi) is 8.26. The first-order chi connectivity index (χ1) is 14.1. The zero-order chi connectivity index (χ0) is 22.3. The zero-order valence-corrected chi connectivity index (χ0v) is 18.7. The van der Waals surface area contributed by atoms with Crippen molar-refractivity contribution in [2.24, 2.45) is 5.92 Å². The number of benzene rings is 1. The molecule has 3 unspecified atom stereocenters. The van der Waals surface area contributed by atoms with Crippen LogP contribution in [0.3, 0.4) is 0 Å². The van der Waals surface area contributed by atoms with Crippen LogP contribution in [0.15, 0.2) is 30.3 Å². The fourth-order valence-electron chi connectivity index (χ4n) is 3.32. The number of nitrogens with one attached hydrogen (secondary N) is 2. The molecule has 0 aromatic heterocycles. The van der Waals surface area contributed by atoms with E-state index in [4.69, 9.17) is 4.74 Å².